The summed E-state index contributed by atoms with van der Waals surface area (Å²) < 4.78 is 6.00. The van der Waals surface area contributed by atoms with E-state index in [4.69, 9.17) is 21.8 Å². The van der Waals surface area contributed by atoms with Crippen molar-refractivity contribution in [3.63, 3.8) is 0 Å². The van der Waals surface area contributed by atoms with Gasteiger partial charge in [-0.3, -0.25) is 10.6 Å². The third kappa shape index (κ3) is 3.35. The van der Waals surface area contributed by atoms with Gasteiger partial charge < -0.3 is 14.6 Å². The van der Waals surface area contributed by atoms with Crippen LogP contribution in [-0.2, 0) is 5.66 Å². The van der Waals surface area contributed by atoms with E-state index in [9.17, 15) is 4.79 Å². The van der Waals surface area contributed by atoms with Crippen molar-refractivity contribution in [3.8, 4) is 11.3 Å². The second kappa shape index (κ2) is 7.15. The maximum absolute atomic E-state index is 12.4. The Hall–Kier alpha value is -2.28. The Bertz CT molecular complexity index is 815. The monoisotopic (exact) mass is 374 g/mol. The number of hydrogen-bond donors (Lipinski definition) is 2. The minimum atomic E-state index is -1.21. The topological polar surface area (TPSA) is 74.7 Å². The van der Waals surface area contributed by atoms with Crippen LogP contribution in [0.1, 0.15) is 12.2 Å². The Morgan fingerprint density at radius 1 is 1.27 bits per heavy atom. The first-order chi connectivity index (χ1) is 12.3. The molecule has 0 aliphatic carbocycles. The summed E-state index contributed by atoms with van der Waals surface area (Å²) in [7, 11) is 3.98. The molecular weight excluding hydrogens is 352 g/mol. The largest absolute Gasteiger partial charge is 0.457 e. The molecule has 0 bridgehead atoms. The second-order valence-corrected chi connectivity index (χ2v) is 7.09. The summed E-state index contributed by atoms with van der Waals surface area (Å²) in [4.78, 5) is 16.0. The molecule has 2 heterocycles. The number of nitrogens with one attached hydrogen (secondary N) is 1. The Morgan fingerprint density at radius 2 is 1.96 bits per heavy atom. The van der Waals surface area contributed by atoms with Crippen LogP contribution in [0.2, 0.25) is 5.02 Å². The zero-order chi connectivity index (χ0) is 18.9. The Labute approximate surface area is 158 Å². The number of urea groups is 1. The number of rotatable bonds is 6. The lowest BCUT2D eigenvalue weighted by Gasteiger charge is -2.32. The Balaban J connectivity index is 1.88. The number of carbonyl (C=O) groups excluding carboxylic acids is 1. The van der Waals surface area contributed by atoms with Crippen molar-refractivity contribution in [2.45, 2.75) is 12.1 Å². The van der Waals surface area contributed by atoms with Crippen molar-refractivity contribution in [1.82, 2.24) is 15.1 Å². The summed E-state index contributed by atoms with van der Waals surface area (Å²) in [5, 5.41) is 3.38. The van der Waals surface area contributed by atoms with Gasteiger partial charge in [0.15, 0.2) is 11.4 Å². The van der Waals surface area contributed by atoms with E-state index >= 15 is 0 Å². The zero-order valence-electron chi connectivity index (χ0n) is 15.0. The molecule has 0 saturated carbocycles. The molecule has 1 unspecified atom stereocenters. The Morgan fingerprint density at radius 3 is 2.62 bits per heavy atom. The van der Waals surface area contributed by atoms with Crippen molar-refractivity contribution in [2.75, 3.05) is 27.2 Å². The van der Waals surface area contributed by atoms with Crippen molar-refractivity contribution in [1.29, 1.82) is 0 Å². The number of benzene rings is 1. The number of halogens is 1. The number of nitrogens with zero attached hydrogens (tertiary/aromatic N) is 2. The van der Waals surface area contributed by atoms with Gasteiger partial charge in [-0.05, 0) is 63.5 Å². The molecule has 6 nitrogen and oxygen atoms in total. The van der Waals surface area contributed by atoms with Gasteiger partial charge in [-0.15, -0.1) is 0 Å². The minimum Gasteiger partial charge on any atom is -0.457 e. The highest BCUT2D eigenvalue weighted by Crippen LogP contribution is 2.36. The quantitative estimate of drug-likeness (QED) is 0.814. The molecular formula is C19H23ClN4O2. The van der Waals surface area contributed by atoms with E-state index < -0.39 is 5.66 Å². The van der Waals surface area contributed by atoms with Gasteiger partial charge >= 0.3 is 6.03 Å². The summed E-state index contributed by atoms with van der Waals surface area (Å²) in [6.45, 7) is 5.28. The van der Waals surface area contributed by atoms with E-state index in [2.05, 4.69) is 16.8 Å². The number of amides is 2. The third-order valence-electron chi connectivity index (χ3n) is 4.49. The number of carbonyl (C=O) groups is 1. The summed E-state index contributed by atoms with van der Waals surface area (Å²) in [6, 6.07) is 10.7. The fourth-order valence-electron chi connectivity index (χ4n) is 3.03. The summed E-state index contributed by atoms with van der Waals surface area (Å²) in [5.41, 5.74) is 6.68. The van der Waals surface area contributed by atoms with Crippen molar-refractivity contribution < 1.29 is 9.21 Å². The zero-order valence-corrected chi connectivity index (χ0v) is 15.7. The molecule has 26 heavy (non-hydrogen) atoms. The molecule has 0 radical (unpaired) electrons. The summed E-state index contributed by atoms with van der Waals surface area (Å²) in [5.74, 6) is 1.12. The van der Waals surface area contributed by atoms with E-state index in [-0.39, 0.29) is 6.03 Å². The van der Waals surface area contributed by atoms with Crippen LogP contribution in [0, 0.1) is 0 Å². The van der Waals surface area contributed by atoms with E-state index in [1.165, 1.54) is 0 Å². The first-order valence-electron chi connectivity index (χ1n) is 8.40. The predicted molar refractivity (Wildman–Crippen MR) is 103 cm³/mol. The van der Waals surface area contributed by atoms with E-state index in [0.717, 1.165) is 18.5 Å². The molecule has 2 aromatic rings. The molecule has 138 valence electrons. The highest BCUT2D eigenvalue weighted by atomic mass is 35.5. The lowest BCUT2D eigenvalue weighted by atomic mass is 10.0. The van der Waals surface area contributed by atoms with E-state index in [1.54, 1.807) is 23.1 Å². The first kappa shape index (κ1) is 18.5. The number of nitrogens with two attached hydrogens (primary N) is 1. The van der Waals surface area contributed by atoms with Crippen LogP contribution in [0.25, 0.3) is 11.3 Å². The molecule has 3 rings (SSSR count). The average molecular weight is 375 g/mol. The molecule has 1 atom stereocenters. The van der Waals surface area contributed by atoms with Gasteiger partial charge in [-0.25, -0.2) is 4.79 Å². The highest BCUT2D eigenvalue weighted by molar-refractivity contribution is 6.30. The molecule has 2 amide bonds. The van der Waals surface area contributed by atoms with Crippen LogP contribution in [0.3, 0.4) is 0 Å². The second-order valence-electron chi connectivity index (χ2n) is 6.65. The van der Waals surface area contributed by atoms with Crippen LogP contribution >= 0.6 is 11.6 Å². The van der Waals surface area contributed by atoms with E-state index in [0.29, 0.717) is 28.8 Å². The molecule has 1 aromatic carbocycles. The van der Waals surface area contributed by atoms with Crippen molar-refractivity contribution >= 4 is 17.6 Å². The van der Waals surface area contributed by atoms with E-state index in [1.807, 2.05) is 32.3 Å². The maximum atomic E-state index is 12.4. The molecule has 7 heteroatoms. The van der Waals surface area contributed by atoms with Crippen molar-refractivity contribution in [3.05, 3.63) is 59.5 Å². The normalized spacial score (nSPS) is 20.1. The molecule has 1 aromatic heterocycles. The minimum absolute atomic E-state index is 0.263. The van der Waals surface area contributed by atoms with Gasteiger partial charge in [0.05, 0.1) is 5.70 Å². The van der Waals surface area contributed by atoms with Gasteiger partial charge in [0.25, 0.3) is 0 Å². The van der Waals surface area contributed by atoms with Crippen LogP contribution < -0.4 is 11.1 Å². The van der Waals surface area contributed by atoms with Crippen LogP contribution in [0.5, 0.6) is 0 Å². The summed E-state index contributed by atoms with van der Waals surface area (Å²) >= 11 is 5.94. The van der Waals surface area contributed by atoms with Crippen LogP contribution in [0.15, 0.2) is 53.1 Å². The SMILES string of the molecule is C=C1NC(=O)N(CCCN(C)C)C1(N)c1ccc(-c2ccc(Cl)cc2)o1. The van der Waals surface area contributed by atoms with Crippen LogP contribution in [-0.4, -0.2) is 43.0 Å². The lowest BCUT2D eigenvalue weighted by Crippen LogP contribution is -2.51. The fraction of sp³-hybridized carbons (Fsp3) is 0.316. The average Bonchev–Trinajstić information content (AvgIpc) is 3.15. The Kier molecular flexibility index (Phi) is 5.09. The van der Waals surface area contributed by atoms with Gasteiger partial charge in [0.1, 0.15) is 5.76 Å². The molecule has 1 aliphatic heterocycles. The number of hydrogen-bond acceptors (Lipinski definition) is 4. The summed E-state index contributed by atoms with van der Waals surface area (Å²) in [6.07, 6.45) is 0.789. The van der Waals surface area contributed by atoms with Gasteiger partial charge in [-0.1, -0.05) is 18.2 Å². The third-order valence-corrected chi connectivity index (χ3v) is 4.74. The molecule has 1 aliphatic rings. The smallest absolute Gasteiger partial charge is 0.323 e. The molecule has 1 fully saturated rings. The first-order valence-corrected chi connectivity index (χ1v) is 8.78. The molecule has 1 saturated heterocycles. The van der Waals surface area contributed by atoms with Crippen molar-refractivity contribution in [2.24, 2.45) is 5.73 Å². The van der Waals surface area contributed by atoms with Gasteiger partial charge in [-0.2, -0.15) is 0 Å². The maximum Gasteiger partial charge on any atom is 0.323 e. The van der Waals surface area contributed by atoms with Gasteiger partial charge in [0, 0.05) is 17.1 Å². The molecule has 0 spiro atoms. The molecule has 3 N–H and O–H groups in total. The van der Waals surface area contributed by atoms with Crippen LogP contribution in [0.4, 0.5) is 4.79 Å². The predicted octanol–water partition coefficient (Wildman–Crippen LogP) is 3.20. The lowest BCUT2D eigenvalue weighted by molar-refractivity contribution is 0.148. The highest BCUT2D eigenvalue weighted by Gasteiger charge is 2.49. The number of furan rings is 1. The standard InChI is InChI=1S/C19H23ClN4O2/c1-13-19(21,24(18(25)22-13)12-4-11-23(2)3)17-10-9-16(26-17)14-5-7-15(20)8-6-14/h5-10H,1,4,11-12,21H2,2-3H3,(H,22,25). The fourth-order valence-corrected chi connectivity index (χ4v) is 3.16. The van der Waals surface area contributed by atoms with Gasteiger partial charge in [0.2, 0.25) is 0 Å².